The van der Waals surface area contributed by atoms with E-state index >= 15 is 0 Å². The summed E-state index contributed by atoms with van der Waals surface area (Å²) < 4.78 is 5.84. The molecule has 1 aromatic heterocycles. The molecule has 0 aliphatic carbocycles. The topological polar surface area (TPSA) is 65.6 Å². The molecule has 3 rings (SSSR count). The molecule has 2 atom stereocenters. The van der Waals surface area contributed by atoms with Gasteiger partial charge in [-0.05, 0) is 13.1 Å². The van der Waals surface area contributed by atoms with Gasteiger partial charge in [-0.15, -0.1) is 0 Å². The summed E-state index contributed by atoms with van der Waals surface area (Å²) in [5, 5.41) is 25.1. The molecule has 4 nitrogen and oxygen atoms in total. The fourth-order valence-electron chi connectivity index (χ4n) is 2.53. The third-order valence-electron chi connectivity index (χ3n) is 3.53. The fraction of sp³-hybridized carbons (Fsp3) is 0.250. The molecule has 0 bridgehead atoms. The van der Waals surface area contributed by atoms with Crippen molar-refractivity contribution < 1.29 is 14.6 Å². The van der Waals surface area contributed by atoms with Crippen molar-refractivity contribution in [2.24, 2.45) is 0 Å². The maximum absolute atomic E-state index is 10.3. The SMILES string of the molecule is CNCC(O)C(O)c1cccc2c1oc1ccccc12. The van der Waals surface area contributed by atoms with E-state index in [-0.39, 0.29) is 0 Å². The molecule has 0 saturated carbocycles. The van der Waals surface area contributed by atoms with Crippen LogP contribution >= 0.6 is 0 Å². The number of furan rings is 1. The Balaban J connectivity index is 2.16. The number of likely N-dealkylation sites (N-methyl/N-ethyl adjacent to an activating group) is 1. The summed E-state index contributed by atoms with van der Waals surface area (Å²) in [6.45, 7) is 0.317. The minimum Gasteiger partial charge on any atom is -0.456 e. The molecule has 104 valence electrons. The van der Waals surface area contributed by atoms with Crippen LogP contribution in [0.15, 0.2) is 46.9 Å². The highest BCUT2D eigenvalue weighted by molar-refractivity contribution is 6.05. The van der Waals surface area contributed by atoms with Gasteiger partial charge in [-0.25, -0.2) is 0 Å². The van der Waals surface area contributed by atoms with Crippen molar-refractivity contribution in [1.82, 2.24) is 5.32 Å². The zero-order valence-corrected chi connectivity index (χ0v) is 11.2. The second kappa shape index (κ2) is 5.25. The first-order valence-corrected chi connectivity index (χ1v) is 6.63. The zero-order chi connectivity index (χ0) is 14.1. The molecular weight excluding hydrogens is 254 g/mol. The molecule has 2 aromatic carbocycles. The van der Waals surface area contributed by atoms with Crippen molar-refractivity contribution in [2.75, 3.05) is 13.6 Å². The van der Waals surface area contributed by atoms with Crippen molar-refractivity contribution in [3.05, 3.63) is 48.0 Å². The summed E-state index contributed by atoms with van der Waals surface area (Å²) in [6, 6.07) is 13.4. The van der Waals surface area contributed by atoms with Crippen LogP contribution in [0.2, 0.25) is 0 Å². The van der Waals surface area contributed by atoms with Gasteiger partial charge in [-0.2, -0.15) is 0 Å². The van der Waals surface area contributed by atoms with Crippen LogP contribution in [0.5, 0.6) is 0 Å². The van der Waals surface area contributed by atoms with Crippen LogP contribution in [0.25, 0.3) is 21.9 Å². The number of benzene rings is 2. The molecule has 0 fully saturated rings. The lowest BCUT2D eigenvalue weighted by molar-refractivity contribution is 0.0206. The number of nitrogens with one attached hydrogen (secondary N) is 1. The van der Waals surface area contributed by atoms with E-state index in [0.717, 1.165) is 16.4 Å². The van der Waals surface area contributed by atoms with Gasteiger partial charge in [0.2, 0.25) is 0 Å². The van der Waals surface area contributed by atoms with Gasteiger partial charge in [-0.1, -0.05) is 36.4 Å². The van der Waals surface area contributed by atoms with Crippen molar-refractivity contribution in [2.45, 2.75) is 12.2 Å². The third kappa shape index (κ3) is 2.08. The van der Waals surface area contributed by atoms with Gasteiger partial charge in [0.25, 0.3) is 0 Å². The molecule has 3 N–H and O–H groups in total. The first-order valence-electron chi connectivity index (χ1n) is 6.63. The van der Waals surface area contributed by atoms with Crippen LogP contribution in [0.3, 0.4) is 0 Å². The first-order chi connectivity index (χ1) is 9.72. The lowest BCUT2D eigenvalue weighted by Gasteiger charge is -2.17. The predicted molar refractivity (Wildman–Crippen MR) is 78.6 cm³/mol. The van der Waals surface area contributed by atoms with Gasteiger partial charge >= 0.3 is 0 Å². The lowest BCUT2D eigenvalue weighted by Crippen LogP contribution is -2.29. The molecule has 0 spiro atoms. The Bertz CT molecular complexity index is 735. The average molecular weight is 271 g/mol. The Morgan fingerprint density at radius 3 is 2.60 bits per heavy atom. The molecule has 2 unspecified atom stereocenters. The summed E-state index contributed by atoms with van der Waals surface area (Å²) in [7, 11) is 1.73. The highest BCUT2D eigenvalue weighted by atomic mass is 16.3. The Morgan fingerprint density at radius 1 is 1.05 bits per heavy atom. The number of aliphatic hydroxyl groups is 2. The smallest absolute Gasteiger partial charge is 0.141 e. The number of aliphatic hydroxyl groups excluding tert-OH is 2. The summed E-state index contributed by atoms with van der Waals surface area (Å²) >= 11 is 0. The van der Waals surface area contributed by atoms with Crippen LogP contribution < -0.4 is 5.32 Å². The van der Waals surface area contributed by atoms with Gasteiger partial charge < -0.3 is 19.9 Å². The molecule has 0 aliphatic rings. The molecule has 0 amide bonds. The number of fused-ring (bicyclic) bond motifs is 3. The summed E-state index contributed by atoms with van der Waals surface area (Å²) in [5.74, 6) is 0. The number of para-hydroxylation sites is 2. The molecule has 4 heteroatoms. The monoisotopic (exact) mass is 271 g/mol. The molecule has 0 saturated heterocycles. The quantitative estimate of drug-likeness (QED) is 0.680. The van der Waals surface area contributed by atoms with Crippen LogP contribution in [-0.4, -0.2) is 29.9 Å². The van der Waals surface area contributed by atoms with E-state index in [0.29, 0.717) is 17.7 Å². The third-order valence-corrected chi connectivity index (χ3v) is 3.53. The second-order valence-corrected chi connectivity index (χ2v) is 4.89. The van der Waals surface area contributed by atoms with E-state index in [2.05, 4.69) is 5.32 Å². The number of hydrogen-bond donors (Lipinski definition) is 3. The zero-order valence-electron chi connectivity index (χ0n) is 11.2. The maximum Gasteiger partial charge on any atom is 0.141 e. The van der Waals surface area contributed by atoms with E-state index in [1.807, 2.05) is 36.4 Å². The largest absolute Gasteiger partial charge is 0.456 e. The van der Waals surface area contributed by atoms with E-state index in [1.54, 1.807) is 13.1 Å². The van der Waals surface area contributed by atoms with Gasteiger partial charge in [0.1, 0.15) is 17.3 Å². The second-order valence-electron chi connectivity index (χ2n) is 4.89. The fourth-order valence-corrected chi connectivity index (χ4v) is 2.53. The molecular formula is C16H17NO3. The summed E-state index contributed by atoms with van der Waals surface area (Å²) in [6.07, 6.45) is -1.86. The number of hydrogen-bond acceptors (Lipinski definition) is 4. The van der Waals surface area contributed by atoms with Crippen LogP contribution in [0.1, 0.15) is 11.7 Å². The Hall–Kier alpha value is -1.88. The van der Waals surface area contributed by atoms with Gasteiger partial charge in [0.05, 0.1) is 6.10 Å². The Labute approximate surface area is 116 Å². The maximum atomic E-state index is 10.3. The summed E-state index contributed by atoms with van der Waals surface area (Å²) in [5.41, 5.74) is 2.03. The van der Waals surface area contributed by atoms with E-state index in [4.69, 9.17) is 4.42 Å². The van der Waals surface area contributed by atoms with Crippen LogP contribution in [0, 0.1) is 0 Å². The minimum atomic E-state index is -0.980. The standard InChI is InChI=1S/C16H17NO3/c1-17-9-13(18)15(19)12-7-4-6-11-10-5-2-3-8-14(10)20-16(11)12/h2-8,13,15,17-19H,9H2,1H3. The normalized spacial score (nSPS) is 14.8. The van der Waals surface area contributed by atoms with Crippen molar-refractivity contribution >= 4 is 21.9 Å². The van der Waals surface area contributed by atoms with E-state index < -0.39 is 12.2 Å². The van der Waals surface area contributed by atoms with Crippen LogP contribution in [0.4, 0.5) is 0 Å². The molecule has 0 aliphatic heterocycles. The highest BCUT2D eigenvalue weighted by Gasteiger charge is 2.22. The Morgan fingerprint density at radius 2 is 1.80 bits per heavy atom. The molecule has 3 aromatic rings. The van der Waals surface area contributed by atoms with Gasteiger partial charge in [0, 0.05) is 22.9 Å². The Kier molecular flexibility index (Phi) is 3.44. The summed E-state index contributed by atoms with van der Waals surface area (Å²) in [4.78, 5) is 0. The minimum absolute atomic E-state index is 0.317. The van der Waals surface area contributed by atoms with E-state index in [9.17, 15) is 10.2 Å². The van der Waals surface area contributed by atoms with E-state index in [1.165, 1.54) is 0 Å². The number of rotatable bonds is 4. The van der Waals surface area contributed by atoms with Crippen LogP contribution in [-0.2, 0) is 0 Å². The van der Waals surface area contributed by atoms with Gasteiger partial charge in [0.15, 0.2) is 0 Å². The molecule has 0 radical (unpaired) electrons. The molecule has 1 heterocycles. The average Bonchev–Trinajstić information content (AvgIpc) is 2.85. The van der Waals surface area contributed by atoms with Crippen molar-refractivity contribution in [3.8, 4) is 0 Å². The lowest BCUT2D eigenvalue weighted by atomic mass is 10.0. The highest BCUT2D eigenvalue weighted by Crippen LogP contribution is 2.33. The first kappa shape index (κ1) is 13.1. The molecule has 20 heavy (non-hydrogen) atoms. The predicted octanol–water partition coefficient (Wildman–Crippen LogP) is 2.20. The van der Waals surface area contributed by atoms with Crippen molar-refractivity contribution in [3.63, 3.8) is 0 Å². The van der Waals surface area contributed by atoms with Crippen molar-refractivity contribution in [1.29, 1.82) is 0 Å². The van der Waals surface area contributed by atoms with Gasteiger partial charge in [-0.3, -0.25) is 0 Å².